The van der Waals surface area contributed by atoms with Crippen LogP contribution in [0.25, 0.3) is 6.08 Å². The van der Waals surface area contributed by atoms with E-state index in [-0.39, 0.29) is 0 Å². The maximum Gasteiger partial charge on any atom is 0.328 e. The van der Waals surface area contributed by atoms with Crippen LogP contribution in [-0.2, 0) is 17.0 Å². The van der Waals surface area contributed by atoms with Crippen LogP contribution in [0.2, 0.25) is 0 Å². The maximum atomic E-state index is 11.1. The molecule has 190 valence electrons. The summed E-state index contributed by atoms with van der Waals surface area (Å²) >= 11 is 1.54. The molecule has 7 nitrogen and oxygen atoms in total. The van der Waals surface area contributed by atoms with Crippen LogP contribution in [0.1, 0.15) is 29.8 Å². The van der Waals surface area contributed by atoms with Crippen LogP contribution in [0.4, 0.5) is 0 Å². The van der Waals surface area contributed by atoms with Crippen LogP contribution in [0, 0.1) is 0 Å². The molecule has 0 saturated heterocycles. The Balaban J connectivity index is 1.62. The molecule has 0 amide bonds. The summed E-state index contributed by atoms with van der Waals surface area (Å²) in [7, 11) is 4.90. The van der Waals surface area contributed by atoms with Crippen LogP contribution in [0.3, 0.4) is 0 Å². The minimum Gasteiger partial charge on any atom is -0.497 e. The molecule has 0 saturated carbocycles. The lowest BCUT2D eigenvalue weighted by atomic mass is 10.1. The molecule has 0 fully saturated rings. The van der Waals surface area contributed by atoms with Gasteiger partial charge in [0.15, 0.2) is 0 Å². The Bertz CT molecular complexity index is 1140. The molecule has 3 rings (SSSR count). The summed E-state index contributed by atoms with van der Waals surface area (Å²) in [6, 6.07) is 17.4. The van der Waals surface area contributed by atoms with E-state index in [4.69, 9.17) is 24.1 Å². The van der Waals surface area contributed by atoms with Gasteiger partial charge in [-0.3, -0.25) is 0 Å². The molecule has 0 radical (unpaired) electrons. The number of aryl methyl sites for hydroxylation is 1. The fraction of sp³-hybridized carbons (Fsp3) is 0.286. The van der Waals surface area contributed by atoms with Gasteiger partial charge in [0, 0.05) is 11.8 Å². The molecule has 0 unspecified atom stereocenters. The van der Waals surface area contributed by atoms with Crippen molar-refractivity contribution in [3.63, 3.8) is 0 Å². The number of carboxylic acids is 1. The van der Waals surface area contributed by atoms with E-state index >= 15 is 0 Å². The van der Waals surface area contributed by atoms with E-state index in [2.05, 4.69) is 17.1 Å². The lowest BCUT2D eigenvalue weighted by Crippen LogP contribution is -2.02. The van der Waals surface area contributed by atoms with Crippen molar-refractivity contribution >= 4 is 23.8 Å². The lowest BCUT2D eigenvalue weighted by molar-refractivity contribution is -0.131. The van der Waals surface area contributed by atoms with E-state index in [1.165, 1.54) is 23.4 Å². The largest absolute Gasteiger partial charge is 0.497 e. The molecular formula is C28H31NO6S. The fourth-order valence-corrected chi connectivity index (χ4v) is 4.53. The summed E-state index contributed by atoms with van der Waals surface area (Å²) in [4.78, 5) is 16.6. The highest BCUT2D eigenvalue weighted by molar-refractivity contribution is 7.98. The lowest BCUT2D eigenvalue weighted by Gasteiger charge is -2.13. The Labute approximate surface area is 216 Å². The Kier molecular flexibility index (Phi) is 10.5. The molecule has 2 aromatic carbocycles. The van der Waals surface area contributed by atoms with E-state index in [9.17, 15) is 4.79 Å². The third kappa shape index (κ3) is 7.95. The van der Waals surface area contributed by atoms with E-state index in [0.29, 0.717) is 23.8 Å². The van der Waals surface area contributed by atoms with Crippen LogP contribution in [0.5, 0.6) is 23.0 Å². The van der Waals surface area contributed by atoms with Gasteiger partial charge >= 0.3 is 5.97 Å². The van der Waals surface area contributed by atoms with Gasteiger partial charge in [-0.2, -0.15) is 0 Å². The molecule has 0 aliphatic heterocycles. The monoisotopic (exact) mass is 509 g/mol. The molecule has 0 spiro atoms. The smallest absolute Gasteiger partial charge is 0.328 e. The number of hydrogen-bond acceptors (Lipinski definition) is 7. The van der Waals surface area contributed by atoms with Gasteiger partial charge in [0.05, 0.1) is 38.5 Å². The molecule has 0 bridgehead atoms. The number of hydrogen-bond donors (Lipinski definition) is 1. The minimum absolute atomic E-state index is 0.484. The number of aliphatic carboxylic acids is 1. The molecule has 36 heavy (non-hydrogen) atoms. The van der Waals surface area contributed by atoms with E-state index in [1.54, 1.807) is 21.3 Å². The quantitative estimate of drug-likeness (QED) is 0.163. The number of nitrogens with zero attached hydrogens (tertiary/aromatic N) is 1. The van der Waals surface area contributed by atoms with Gasteiger partial charge in [0.25, 0.3) is 0 Å². The van der Waals surface area contributed by atoms with E-state index in [0.717, 1.165) is 53.2 Å². The number of aromatic nitrogens is 1. The molecular weight excluding hydrogens is 478 g/mol. The first kappa shape index (κ1) is 26.9. The van der Waals surface area contributed by atoms with Gasteiger partial charge in [0.1, 0.15) is 28.7 Å². The van der Waals surface area contributed by atoms with Crippen molar-refractivity contribution < 1.29 is 28.8 Å². The van der Waals surface area contributed by atoms with Crippen molar-refractivity contribution in [2.45, 2.75) is 29.9 Å². The van der Waals surface area contributed by atoms with E-state index in [1.807, 2.05) is 42.5 Å². The van der Waals surface area contributed by atoms with Gasteiger partial charge in [-0.05, 0) is 67.3 Å². The predicted octanol–water partition coefficient (Wildman–Crippen LogP) is 5.90. The number of thioether (sulfide) groups is 1. The predicted molar refractivity (Wildman–Crippen MR) is 141 cm³/mol. The Morgan fingerprint density at radius 2 is 1.64 bits per heavy atom. The Morgan fingerprint density at radius 1 is 0.917 bits per heavy atom. The topological polar surface area (TPSA) is 87.1 Å². The van der Waals surface area contributed by atoms with Crippen molar-refractivity contribution in [3.05, 3.63) is 77.6 Å². The minimum atomic E-state index is -1.04. The average molecular weight is 510 g/mol. The highest BCUT2D eigenvalue weighted by Gasteiger charge is 2.12. The SMILES string of the molecule is COc1ccc(CCCCOc2ccc(CSc3c(OC)cccc3OC)nc2/C=C/C(=O)O)cc1. The summed E-state index contributed by atoms with van der Waals surface area (Å²) < 4.78 is 22.1. The van der Waals surface area contributed by atoms with Crippen molar-refractivity contribution in [1.82, 2.24) is 4.98 Å². The van der Waals surface area contributed by atoms with Crippen molar-refractivity contribution in [2.24, 2.45) is 0 Å². The van der Waals surface area contributed by atoms with Crippen molar-refractivity contribution in [3.8, 4) is 23.0 Å². The zero-order valence-electron chi connectivity index (χ0n) is 20.7. The van der Waals surface area contributed by atoms with Gasteiger partial charge in [0.2, 0.25) is 0 Å². The fourth-order valence-electron chi connectivity index (χ4n) is 3.49. The highest BCUT2D eigenvalue weighted by Crippen LogP contribution is 2.39. The number of pyridine rings is 1. The molecule has 3 aromatic rings. The van der Waals surface area contributed by atoms with Crippen LogP contribution < -0.4 is 18.9 Å². The third-order valence-corrected chi connectivity index (χ3v) is 6.48. The molecule has 1 heterocycles. The number of ether oxygens (including phenoxy) is 4. The number of methoxy groups -OCH3 is 3. The van der Waals surface area contributed by atoms with Crippen molar-refractivity contribution in [2.75, 3.05) is 27.9 Å². The second kappa shape index (κ2) is 14.0. The first-order chi connectivity index (χ1) is 17.5. The van der Waals surface area contributed by atoms with E-state index < -0.39 is 5.97 Å². The van der Waals surface area contributed by atoms with Gasteiger partial charge < -0.3 is 24.1 Å². The molecule has 8 heteroatoms. The zero-order valence-corrected chi connectivity index (χ0v) is 21.5. The van der Waals surface area contributed by atoms with Gasteiger partial charge in [-0.15, -0.1) is 11.8 Å². The number of benzene rings is 2. The number of unbranched alkanes of at least 4 members (excludes halogenated alkanes) is 1. The first-order valence-corrected chi connectivity index (χ1v) is 12.5. The molecule has 0 aliphatic carbocycles. The number of carbonyl (C=O) groups is 1. The summed E-state index contributed by atoms with van der Waals surface area (Å²) in [6.07, 6.45) is 5.31. The molecule has 1 N–H and O–H groups in total. The van der Waals surface area contributed by atoms with Gasteiger partial charge in [-0.1, -0.05) is 18.2 Å². The molecule has 1 aromatic heterocycles. The van der Waals surface area contributed by atoms with Crippen LogP contribution >= 0.6 is 11.8 Å². The highest BCUT2D eigenvalue weighted by atomic mass is 32.2. The Morgan fingerprint density at radius 3 is 2.28 bits per heavy atom. The molecule has 0 atom stereocenters. The standard InChI is InChI=1S/C28H31NO6S/c1-32-22-13-10-20(11-14-22)7-4-5-18-35-24-16-12-21(29-23(24)15-17-27(30)31)19-36-28-25(33-2)8-6-9-26(28)34-3/h6,8-17H,4-5,7,18-19H2,1-3H3,(H,30,31)/b17-15+. The third-order valence-electron chi connectivity index (χ3n) is 5.35. The van der Waals surface area contributed by atoms with Crippen molar-refractivity contribution in [1.29, 1.82) is 0 Å². The van der Waals surface area contributed by atoms with Crippen LogP contribution in [-0.4, -0.2) is 44.0 Å². The van der Waals surface area contributed by atoms with Gasteiger partial charge in [-0.25, -0.2) is 9.78 Å². The number of carboxylic acid groups (broad SMARTS) is 1. The normalized spacial score (nSPS) is 10.9. The number of rotatable bonds is 14. The summed E-state index contributed by atoms with van der Waals surface area (Å²) in [5, 5.41) is 9.09. The molecule has 0 aliphatic rings. The summed E-state index contributed by atoms with van der Waals surface area (Å²) in [5.74, 6) is 2.36. The first-order valence-electron chi connectivity index (χ1n) is 11.5. The Hall–Kier alpha value is -3.65. The van der Waals surface area contributed by atoms with Crippen LogP contribution in [0.15, 0.2) is 65.6 Å². The summed E-state index contributed by atoms with van der Waals surface area (Å²) in [5.41, 5.74) is 2.51. The second-order valence-electron chi connectivity index (χ2n) is 7.79. The maximum absolute atomic E-state index is 11.1. The zero-order chi connectivity index (χ0) is 25.8. The second-order valence-corrected chi connectivity index (χ2v) is 8.78. The summed E-state index contributed by atoms with van der Waals surface area (Å²) in [6.45, 7) is 0.512. The average Bonchev–Trinajstić information content (AvgIpc) is 2.91.